The Morgan fingerprint density at radius 3 is 2.08 bits per heavy atom. The number of hydrogen-bond donors (Lipinski definition) is 2. The average Bonchev–Trinajstić information content (AvgIpc) is 2.51. The molecule has 0 aliphatic rings. The zero-order valence-corrected chi connectivity index (χ0v) is 14.3. The monoisotopic (exact) mass is 410 g/mol. The second-order valence-electron chi connectivity index (χ2n) is 4.72. The Hall–Kier alpha value is -1.96. The predicted octanol–water partition coefficient (Wildman–Crippen LogP) is 5.24. The summed E-state index contributed by atoms with van der Waals surface area (Å²) in [6, 6.07) is 6.93. The molecule has 0 unspecified atom stereocenters. The summed E-state index contributed by atoms with van der Waals surface area (Å²) in [6.07, 6.45) is -4.70. The maximum Gasteiger partial charge on any atom is 0.417 e. The van der Waals surface area contributed by atoms with Gasteiger partial charge in [-0.1, -0.05) is 34.8 Å². The van der Waals surface area contributed by atoms with Crippen molar-refractivity contribution in [2.24, 2.45) is 0 Å². The summed E-state index contributed by atoms with van der Waals surface area (Å²) in [5.74, 6) is -2.32. The molecule has 0 saturated heterocycles. The van der Waals surface area contributed by atoms with E-state index in [4.69, 9.17) is 34.8 Å². The lowest BCUT2D eigenvalue weighted by molar-refractivity contribution is -0.137. The molecule has 4 nitrogen and oxygen atoms in total. The van der Waals surface area contributed by atoms with Gasteiger partial charge in [0.1, 0.15) is 0 Å². The van der Waals surface area contributed by atoms with Crippen molar-refractivity contribution < 1.29 is 22.8 Å². The van der Waals surface area contributed by atoms with E-state index in [2.05, 4.69) is 10.6 Å². The maximum absolute atomic E-state index is 12.8. The first-order chi connectivity index (χ1) is 11.6. The fourth-order valence-corrected chi connectivity index (χ4v) is 2.34. The average molecular weight is 412 g/mol. The Morgan fingerprint density at radius 2 is 1.44 bits per heavy atom. The van der Waals surface area contributed by atoms with E-state index in [1.165, 1.54) is 18.2 Å². The number of anilines is 2. The summed E-state index contributed by atoms with van der Waals surface area (Å²) in [5.41, 5.74) is -1.29. The fraction of sp³-hybridized carbons (Fsp3) is 0.0667. The molecule has 0 spiro atoms. The molecular formula is C15H8Cl3F3N2O2. The number of rotatable bonds is 2. The third-order valence-electron chi connectivity index (χ3n) is 2.91. The van der Waals surface area contributed by atoms with Crippen molar-refractivity contribution in [2.45, 2.75) is 6.18 Å². The van der Waals surface area contributed by atoms with Crippen LogP contribution in [0.4, 0.5) is 24.5 Å². The maximum atomic E-state index is 12.8. The van der Waals surface area contributed by atoms with Crippen LogP contribution >= 0.6 is 34.8 Å². The Kier molecular flexibility index (Phi) is 5.82. The second kappa shape index (κ2) is 7.51. The molecule has 2 amide bonds. The SMILES string of the molecule is O=C(Nc1ccc(Cl)c(C(F)(F)F)c1)C(=O)Nc1cc(Cl)ccc1Cl. The van der Waals surface area contributed by atoms with Crippen molar-refractivity contribution in [3.05, 3.63) is 57.0 Å². The van der Waals surface area contributed by atoms with E-state index in [-0.39, 0.29) is 21.4 Å². The highest BCUT2D eigenvalue weighted by molar-refractivity contribution is 6.45. The van der Waals surface area contributed by atoms with Crippen LogP contribution in [0.2, 0.25) is 15.1 Å². The first-order valence-electron chi connectivity index (χ1n) is 6.52. The van der Waals surface area contributed by atoms with Crippen LogP contribution in [0.5, 0.6) is 0 Å². The summed E-state index contributed by atoms with van der Waals surface area (Å²) in [4.78, 5) is 23.7. The molecule has 10 heteroatoms. The van der Waals surface area contributed by atoms with E-state index in [0.29, 0.717) is 6.07 Å². The summed E-state index contributed by atoms with van der Waals surface area (Å²) in [5, 5.41) is 4.14. The van der Waals surface area contributed by atoms with Crippen LogP contribution in [-0.2, 0) is 15.8 Å². The number of halogens is 6. The summed E-state index contributed by atoms with van der Waals surface area (Å²) >= 11 is 17.1. The Bertz CT molecular complexity index is 841. The molecule has 0 aromatic heterocycles. The molecule has 2 rings (SSSR count). The molecule has 2 N–H and O–H groups in total. The molecular weight excluding hydrogens is 404 g/mol. The molecule has 0 aliphatic heterocycles. The van der Waals surface area contributed by atoms with Gasteiger partial charge in [0, 0.05) is 10.7 Å². The van der Waals surface area contributed by atoms with Gasteiger partial charge in [-0.05, 0) is 36.4 Å². The summed E-state index contributed by atoms with van der Waals surface area (Å²) < 4.78 is 38.4. The van der Waals surface area contributed by atoms with Gasteiger partial charge in [0.15, 0.2) is 0 Å². The lowest BCUT2D eigenvalue weighted by Crippen LogP contribution is -2.29. The van der Waals surface area contributed by atoms with Crippen LogP contribution in [0, 0.1) is 0 Å². The van der Waals surface area contributed by atoms with Crippen molar-refractivity contribution in [1.29, 1.82) is 0 Å². The zero-order valence-electron chi connectivity index (χ0n) is 12.0. The lowest BCUT2D eigenvalue weighted by atomic mass is 10.2. The minimum atomic E-state index is -4.70. The van der Waals surface area contributed by atoms with E-state index < -0.39 is 28.6 Å². The molecule has 0 aliphatic carbocycles. The number of amides is 2. The molecule has 25 heavy (non-hydrogen) atoms. The van der Waals surface area contributed by atoms with Gasteiger partial charge in [-0.15, -0.1) is 0 Å². The van der Waals surface area contributed by atoms with E-state index in [1.54, 1.807) is 0 Å². The van der Waals surface area contributed by atoms with E-state index in [1.807, 2.05) is 0 Å². The van der Waals surface area contributed by atoms with Crippen molar-refractivity contribution in [1.82, 2.24) is 0 Å². The number of alkyl halides is 3. The highest BCUT2D eigenvalue weighted by Gasteiger charge is 2.33. The van der Waals surface area contributed by atoms with Gasteiger partial charge in [0.05, 0.1) is 21.3 Å². The predicted molar refractivity (Wildman–Crippen MR) is 90.2 cm³/mol. The highest BCUT2D eigenvalue weighted by atomic mass is 35.5. The smallest absolute Gasteiger partial charge is 0.318 e. The Morgan fingerprint density at radius 1 is 0.840 bits per heavy atom. The number of carbonyl (C=O) groups excluding carboxylic acids is 2. The molecule has 0 atom stereocenters. The normalized spacial score (nSPS) is 11.1. The van der Waals surface area contributed by atoms with E-state index in [0.717, 1.165) is 12.1 Å². The van der Waals surface area contributed by atoms with Crippen LogP contribution in [0.15, 0.2) is 36.4 Å². The molecule has 2 aromatic rings. The Balaban J connectivity index is 2.14. The number of hydrogen-bond acceptors (Lipinski definition) is 2. The van der Waals surface area contributed by atoms with Gasteiger partial charge < -0.3 is 10.6 Å². The first-order valence-corrected chi connectivity index (χ1v) is 7.65. The second-order valence-corrected chi connectivity index (χ2v) is 5.98. The number of nitrogens with one attached hydrogen (secondary N) is 2. The van der Waals surface area contributed by atoms with Gasteiger partial charge in [-0.2, -0.15) is 13.2 Å². The van der Waals surface area contributed by atoms with Gasteiger partial charge in [-0.3, -0.25) is 9.59 Å². The van der Waals surface area contributed by atoms with Crippen molar-refractivity contribution in [3.8, 4) is 0 Å². The molecule has 0 saturated carbocycles. The van der Waals surface area contributed by atoms with Crippen molar-refractivity contribution in [3.63, 3.8) is 0 Å². The third kappa shape index (κ3) is 5.01. The van der Waals surface area contributed by atoms with Crippen LogP contribution < -0.4 is 10.6 Å². The number of carbonyl (C=O) groups is 2. The third-order valence-corrected chi connectivity index (χ3v) is 3.81. The molecule has 0 heterocycles. The van der Waals surface area contributed by atoms with E-state index >= 15 is 0 Å². The van der Waals surface area contributed by atoms with Gasteiger partial charge in [-0.25, -0.2) is 0 Å². The molecule has 132 valence electrons. The zero-order chi connectivity index (χ0) is 18.8. The Labute approximate surface area is 154 Å². The molecule has 0 fully saturated rings. The van der Waals surface area contributed by atoms with Gasteiger partial charge in [0.25, 0.3) is 0 Å². The molecule has 0 radical (unpaired) electrons. The largest absolute Gasteiger partial charge is 0.417 e. The van der Waals surface area contributed by atoms with Crippen LogP contribution in [0.3, 0.4) is 0 Å². The number of benzene rings is 2. The summed E-state index contributed by atoms with van der Waals surface area (Å²) in [6.45, 7) is 0. The fourth-order valence-electron chi connectivity index (χ4n) is 1.78. The van der Waals surface area contributed by atoms with Crippen molar-refractivity contribution >= 4 is 58.0 Å². The molecule has 2 aromatic carbocycles. The van der Waals surface area contributed by atoms with Gasteiger partial charge in [0.2, 0.25) is 0 Å². The van der Waals surface area contributed by atoms with Crippen LogP contribution in [0.25, 0.3) is 0 Å². The van der Waals surface area contributed by atoms with Crippen molar-refractivity contribution in [2.75, 3.05) is 10.6 Å². The quantitative estimate of drug-likeness (QED) is 0.664. The highest BCUT2D eigenvalue weighted by Crippen LogP contribution is 2.36. The standard InChI is InChI=1S/C15H8Cl3F3N2O2/c16-7-1-3-11(18)12(5-7)23-14(25)13(24)22-8-2-4-10(17)9(6-8)15(19,20)21/h1-6H,(H,22,24)(H,23,25). The van der Waals surface area contributed by atoms with E-state index in [9.17, 15) is 22.8 Å². The minimum absolute atomic E-state index is 0.0846. The van der Waals surface area contributed by atoms with Gasteiger partial charge >= 0.3 is 18.0 Å². The first kappa shape index (κ1) is 19.4. The summed E-state index contributed by atoms with van der Waals surface area (Å²) in [7, 11) is 0. The minimum Gasteiger partial charge on any atom is -0.318 e. The van der Waals surface area contributed by atoms with Crippen LogP contribution in [0.1, 0.15) is 5.56 Å². The molecule has 0 bridgehead atoms. The topological polar surface area (TPSA) is 58.2 Å². The van der Waals surface area contributed by atoms with Crippen LogP contribution in [-0.4, -0.2) is 11.8 Å². The lowest BCUT2D eigenvalue weighted by Gasteiger charge is -2.12.